The molecule has 1 saturated carbocycles. The van der Waals surface area contributed by atoms with Gasteiger partial charge in [0.15, 0.2) is 0 Å². The minimum absolute atomic E-state index is 0.148. The fourth-order valence-electron chi connectivity index (χ4n) is 3.21. The van der Waals surface area contributed by atoms with Crippen LogP contribution in [0, 0.1) is 12.8 Å². The van der Waals surface area contributed by atoms with E-state index in [-0.39, 0.29) is 5.92 Å². The smallest absolute Gasteiger partial charge is 0.316 e. The fourth-order valence-corrected chi connectivity index (χ4v) is 3.21. The van der Waals surface area contributed by atoms with Crippen LogP contribution in [0.3, 0.4) is 0 Å². The van der Waals surface area contributed by atoms with Crippen molar-refractivity contribution in [3.05, 3.63) is 48.0 Å². The number of aliphatic carboxylic acids is 1. The second kappa shape index (κ2) is 5.57. The fraction of sp³-hybridized carbons (Fsp3) is 0.412. The highest BCUT2D eigenvalue weighted by molar-refractivity contribution is 5.85. The van der Waals surface area contributed by atoms with Gasteiger partial charge in [0.1, 0.15) is 5.41 Å². The monoisotopic (exact) mass is 299 g/mol. The Kier molecular flexibility index (Phi) is 3.74. The Hall–Kier alpha value is -2.14. The van der Waals surface area contributed by atoms with E-state index in [4.69, 9.17) is 5.73 Å². The predicted octanol–water partition coefficient (Wildman–Crippen LogP) is 2.26. The van der Waals surface area contributed by atoms with Crippen molar-refractivity contribution < 1.29 is 9.90 Å². The molecule has 0 radical (unpaired) electrons. The molecule has 116 valence electrons. The minimum atomic E-state index is -0.815. The third-order valence-corrected chi connectivity index (χ3v) is 4.58. The number of carboxylic acid groups (broad SMARTS) is 1. The van der Waals surface area contributed by atoms with Crippen LogP contribution in [0.15, 0.2) is 36.8 Å². The van der Waals surface area contributed by atoms with Gasteiger partial charge >= 0.3 is 5.97 Å². The second-order valence-corrected chi connectivity index (χ2v) is 6.11. The summed E-state index contributed by atoms with van der Waals surface area (Å²) in [5.41, 5.74) is 7.53. The number of rotatable bonds is 6. The first kappa shape index (κ1) is 14.8. The topological polar surface area (TPSA) is 81.1 Å². The zero-order valence-electron chi connectivity index (χ0n) is 12.7. The quantitative estimate of drug-likeness (QED) is 0.857. The van der Waals surface area contributed by atoms with Crippen molar-refractivity contribution in [3.63, 3.8) is 0 Å². The van der Waals surface area contributed by atoms with Crippen LogP contribution in [0.2, 0.25) is 0 Å². The molecule has 0 aliphatic heterocycles. The minimum Gasteiger partial charge on any atom is -0.481 e. The molecule has 3 N–H and O–H groups in total. The number of hydrogen-bond acceptors (Lipinski definition) is 3. The molecule has 22 heavy (non-hydrogen) atoms. The van der Waals surface area contributed by atoms with E-state index >= 15 is 0 Å². The van der Waals surface area contributed by atoms with Crippen LogP contribution >= 0.6 is 0 Å². The van der Waals surface area contributed by atoms with Crippen LogP contribution in [0.1, 0.15) is 30.5 Å². The molecule has 0 saturated heterocycles. The zero-order chi connectivity index (χ0) is 15.7. The molecule has 0 bridgehead atoms. The van der Waals surface area contributed by atoms with Crippen LogP contribution < -0.4 is 5.73 Å². The zero-order valence-corrected chi connectivity index (χ0v) is 12.7. The number of imidazole rings is 1. The van der Waals surface area contributed by atoms with Gasteiger partial charge in [-0.3, -0.25) is 4.79 Å². The summed E-state index contributed by atoms with van der Waals surface area (Å²) < 4.78 is 1.89. The van der Waals surface area contributed by atoms with E-state index in [2.05, 4.69) is 11.1 Å². The number of nitrogens with zero attached hydrogens (tertiary/aromatic N) is 2. The third-order valence-electron chi connectivity index (χ3n) is 4.58. The molecule has 5 heteroatoms. The molecule has 1 fully saturated rings. The van der Waals surface area contributed by atoms with Crippen molar-refractivity contribution in [2.24, 2.45) is 11.7 Å². The molecule has 1 heterocycles. The van der Waals surface area contributed by atoms with Gasteiger partial charge in [-0.1, -0.05) is 12.1 Å². The molecular formula is C17H21N3O2. The van der Waals surface area contributed by atoms with Crippen LogP contribution in [0.5, 0.6) is 0 Å². The van der Waals surface area contributed by atoms with Crippen LogP contribution in [0.25, 0.3) is 5.69 Å². The highest BCUT2D eigenvalue weighted by atomic mass is 16.4. The molecular weight excluding hydrogens is 278 g/mol. The number of carbonyl (C=O) groups is 1. The van der Waals surface area contributed by atoms with Crippen LogP contribution in [0.4, 0.5) is 0 Å². The Labute approximate surface area is 129 Å². The molecule has 5 nitrogen and oxygen atoms in total. The molecule has 3 rings (SSSR count). The first-order chi connectivity index (χ1) is 10.6. The van der Waals surface area contributed by atoms with Gasteiger partial charge in [-0.25, -0.2) is 4.98 Å². The largest absolute Gasteiger partial charge is 0.481 e. The van der Waals surface area contributed by atoms with Crippen LogP contribution in [-0.4, -0.2) is 27.2 Å². The van der Waals surface area contributed by atoms with Crippen molar-refractivity contribution in [2.75, 3.05) is 6.54 Å². The Morgan fingerprint density at radius 3 is 3.05 bits per heavy atom. The highest BCUT2D eigenvalue weighted by Crippen LogP contribution is 2.56. The number of hydrogen-bond donors (Lipinski definition) is 2. The molecule has 1 aromatic heterocycles. The summed E-state index contributed by atoms with van der Waals surface area (Å²) in [5.74, 6) is -0.626. The maximum absolute atomic E-state index is 11.8. The Morgan fingerprint density at radius 2 is 2.36 bits per heavy atom. The van der Waals surface area contributed by atoms with Crippen molar-refractivity contribution in [2.45, 2.75) is 31.6 Å². The van der Waals surface area contributed by atoms with Gasteiger partial charge in [-0.2, -0.15) is 0 Å². The Morgan fingerprint density at radius 1 is 1.55 bits per heavy atom. The third kappa shape index (κ3) is 2.41. The number of carboxylic acids is 1. The lowest BCUT2D eigenvalue weighted by Gasteiger charge is -2.09. The highest BCUT2D eigenvalue weighted by Gasteiger charge is 2.62. The van der Waals surface area contributed by atoms with Gasteiger partial charge in [-0.05, 0) is 56.3 Å². The van der Waals surface area contributed by atoms with Crippen molar-refractivity contribution in [3.8, 4) is 5.69 Å². The van der Waals surface area contributed by atoms with Crippen molar-refractivity contribution in [1.82, 2.24) is 9.55 Å². The predicted molar refractivity (Wildman–Crippen MR) is 84.0 cm³/mol. The van der Waals surface area contributed by atoms with Gasteiger partial charge in [0, 0.05) is 11.9 Å². The van der Waals surface area contributed by atoms with Crippen molar-refractivity contribution >= 4 is 5.97 Å². The SMILES string of the molecule is Cc1cccc(-n2cnc([C@]3(C(=O)O)C[C@H]3CCCN)c2)c1. The van der Waals surface area contributed by atoms with Gasteiger partial charge in [0.2, 0.25) is 0 Å². The average Bonchev–Trinajstić information content (AvgIpc) is 3.02. The normalized spacial score (nSPS) is 23.5. The van der Waals surface area contributed by atoms with E-state index in [9.17, 15) is 9.90 Å². The molecule has 1 aromatic carbocycles. The van der Waals surface area contributed by atoms with E-state index in [1.54, 1.807) is 6.33 Å². The first-order valence-electron chi connectivity index (χ1n) is 7.63. The Bertz CT molecular complexity index is 695. The van der Waals surface area contributed by atoms with Crippen molar-refractivity contribution in [1.29, 1.82) is 0 Å². The number of nitrogens with two attached hydrogens (primary N) is 1. The van der Waals surface area contributed by atoms with E-state index in [1.807, 2.05) is 35.9 Å². The molecule has 1 aliphatic carbocycles. The van der Waals surface area contributed by atoms with E-state index in [0.717, 1.165) is 24.1 Å². The van der Waals surface area contributed by atoms with Gasteiger partial charge < -0.3 is 15.4 Å². The lowest BCUT2D eigenvalue weighted by atomic mass is 9.98. The Balaban J connectivity index is 1.88. The van der Waals surface area contributed by atoms with E-state index in [0.29, 0.717) is 18.7 Å². The summed E-state index contributed by atoms with van der Waals surface area (Å²) in [6.45, 7) is 2.63. The number of aryl methyl sites for hydroxylation is 1. The summed E-state index contributed by atoms with van der Waals surface area (Å²) >= 11 is 0. The molecule has 0 spiro atoms. The van der Waals surface area contributed by atoms with E-state index in [1.165, 1.54) is 0 Å². The lowest BCUT2D eigenvalue weighted by molar-refractivity contribution is -0.140. The van der Waals surface area contributed by atoms with Gasteiger partial charge in [0.05, 0.1) is 12.0 Å². The second-order valence-electron chi connectivity index (χ2n) is 6.11. The molecule has 0 amide bonds. The maximum Gasteiger partial charge on any atom is 0.316 e. The van der Waals surface area contributed by atoms with Gasteiger partial charge in [-0.15, -0.1) is 0 Å². The molecule has 1 aliphatic rings. The number of aromatic nitrogens is 2. The lowest BCUT2D eigenvalue weighted by Crippen LogP contribution is -2.23. The summed E-state index contributed by atoms with van der Waals surface area (Å²) in [6.07, 6.45) is 5.92. The molecule has 2 atom stereocenters. The standard InChI is InChI=1S/C17H21N3O2/c1-12-4-2-6-14(8-12)20-10-15(19-11-20)17(16(21)22)9-13(17)5-3-7-18/h2,4,6,8,10-11,13H,3,5,7,9,18H2,1H3,(H,21,22)/t13-,17+/m1/s1. The van der Waals surface area contributed by atoms with Crippen LogP contribution in [-0.2, 0) is 10.2 Å². The average molecular weight is 299 g/mol. The molecule has 2 aromatic rings. The summed E-state index contributed by atoms with van der Waals surface area (Å²) in [7, 11) is 0. The maximum atomic E-state index is 11.8. The summed E-state index contributed by atoms with van der Waals surface area (Å²) in [4.78, 5) is 16.2. The number of benzene rings is 1. The van der Waals surface area contributed by atoms with E-state index < -0.39 is 11.4 Å². The summed E-state index contributed by atoms with van der Waals surface area (Å²) in [6, 6.07) is 8.06. The van der Waals surface area contributed by atoms with Gasteiger partial charge in [0.25, 0.3) is 0 Å². The summed E-state index contributed by atoms with van der Waals surface area (Å²) in [5, 5.41) is 9.67. The molecule has 0 unspecified atom stereocenters. The first-order valence-corrected chi connectivity index (χ1v) is 7.63.